The van der Waals surface area contributed by atoms with Gasteiger partial charge in [0, 0.05) is 51.7 Å². The van der Waals surface area contributed by atoms with E-state index < -0.39 is 5.60 Å². The van der Waals surface area contributed by atoms with E-state index in [1.165, 1.54) is 0 Å². The van der Waals surface area contributed by atoms with Crippen LogP contribution in [-0.2, 0) is 10.4 Å². The van der Waals surface area contributed by atoms with Gasteiger partial charge in [0.15, 0.2) is 0 Å². The number of carbonyl (C=O) groups excluding carboxylic acids is 1. The van der Waals surface area contributed by atoms with Crippen molar-refractivity contribution >= 4 is 11.7 Å². The largest absolute Gasteiger partial charge is 0.497 e. The van der Waals surface area contributed by atoms with Gasteiger partial charge < -0.3 is 19.6 Å². The third-order valence-electron chi connectivity index (χ3n) is 6.16. The number of aliphatic hydroxyl groups is 1. The Bertz CT molecular complexity index is 847. The number of carbonyl (C=O) groups is 1. The molecule has 30 heavy (non-hydrogen) atoms. The lowest BCUT2D eigenvalue weighted by atomic mass is 9.84. The zero-order chi connectivity index (χ0) is 21.0. The van der Waals surface area contributed by atoms with Gasteiger partial charge in [-0.3, -0.25) is 14.7 Å². The zero-order valence-corrected chi connectivity index (χ0v) is 17.4. The molecule has 0 bridgehead atoms. The van der Waals surface area contributed by atoms with Crippen LogP contribution in [0.2, 0.25) is 0 Å². The molecule has 2 aromatic rings. The molecule has 3 heterocycles. The maximum absolute atomic E-state index is 12.8. The molecule has 8 nitrogen and oxygen atoms in total. The number of likely N-dealkylation sites (tertiary alicyclic amines) is 1. The van der Waals surface area contributed by atoms with Gasteiger partial charge in [0.25, 0.3) is 0 Å². The molecule has 8 heteroatoms. The molecule has 0 radical (unpaired) electrons. The number of piperidine rings is 1. The van der Waals surface area contributed by atoms with E-state index in [1.54, 1.807) is 25.7 Å². The molecule has 1 amide bonds. The molecule has 1 aromatic carbocycles. The molecule has 160 valence electrons. The minimum absolute atomic E-state index is 0.135. The lowest BCUT2D eigenvalue weighted by Crippen LogP contribution is -2.52. The molecule has 0 spiro atoms. The highest BCUT2D eigenvalue weighted by Crippen LogP contribution is 2.34. The van der Waals surface area contributed by atoms with Crippen LogP contribution in [0.4, 0.5) is 5.82 Å². The molecule has 0 saturated carbocycles. The second-order valence-electron chi connectivity index (χ2n) is 7.97. The molecular formula is C22H29N5O3. The number of rotatable bonds is 5. The van der Waals surface area contributed by atoms with Crippen LogP contribution in [0.3, 0.4) is 0 Å². The number of methoxy groups -OCH3 is 1. The fourth-order valence-electron chi connectivity index (χ4n) is 4.21. The topological polar surface area (TPSA) is 82.0 Å². The van der Waals surface area contributed by atoms with Crippen molar-refractivity contribution in [3.63, 3.8) is 0 Å². The standard InChI is InChI=1S/C22H29N5O3/c1-30-19-4-2-3-18(15-19)22(29)5-9-27(10-6-22)21(28)17-25-11-13-26(14-12-25)20-16-23-7-8-24-20/h2-4,7-8,15-16,29H,5-6,9-14,17H2,1H3. The molecule has 4 rings (SSSR count). The van der Waals surface area contributed by atoms with Gasteiger partial charge in [-0.1, -0.05) is 12.1 Å². The quantitative estimate of drug-likeness (QED) is 0.789. The van der Waals surface area contributed by atoms with E-state index in [2.05, 4.69) is 19.8 Å². The molecule has 2 fully saturated rings. The van der Waals surface area contributed by atoms with Crippen LogP contribution in [0, 0.1) is 0 Å². The van der Waals surface area contributed by atoms with Crippen molar-refractivity contribution in [1.29, 1.82) is 0 Å². The molecule has 2 aliphatic rings. The normalized spacial score (nSPS) is 19.5. The predicted octanol–water partition coefficient (Wildman–Crippen LogP) is 1.12. The third kappa shape index (κ3) is 4.55. The summed E-state index contributed by atoms with van der Waals surface area (Å²) in [4.78, 5) is 27.6. The summed E-state index contributed by atoms with van der Waals surface area (Å²) in [5.41, 5.74) is -0.0534. The summed E-state index contributed by atoms with van der Waals surface area (Å²) in [7, 11) is 1.62. The van der Waals surface area contributed by atoms with Crippen molar-refractivity contribution < 1.29 is 14.6 Å². The SMILES string of the molecule is COc1cccc(C2(O)CCN(C(=O)CN3CCN(c4cnccn4)CC3)CC2)c1. The van der Waals surface area contributed by atoms with E-state index in [4.69, 9.17) is 4.74 Å². The van der Waals surface area contributed by atoms with Gasteiger partial charge in [-0.05, 0) is 30.5 Å². The Morgan fingerprint density at radius 3 is 2.57 bits per heavy atom. The molecule has 2 aliphatic heterocycles. The first kappa shape index (κ1) is 20.6. The number of nitrogens with zero attached hydrogens (tertiary/aromatic N) is 5. The summed E-state index contributed by atoms with van der Waals surface area (Å²) in [5.74, 6) is 1.76. The molecule has 1 N–H and O–H groups in total. The number of benzene rings is 1. The first-order valence-corrected chi connectivity index (χ1v) is 10.5. The van der Waals surface area contributed by atoms with Gasteiger partial charge in [-0.15, -0.1) is 0 Å². The second-order valence-corrected chi connectivity index (χ2v) is 7.97. The van der Waals surface area contributed by atoms with Gasteiger partial charge >= 0.3 is 0 Å². The van der Waals surface area contributed by atoms with E-state index in [0.29, 0.717) is 32.5 Å². The second kappa shape index (κ2) is 8.97. The average molecular weight is 412 g/mol. The summed E-state index contributed by atoms with van der Waals surface area (Å²) in [6.07, 6.45) is 6.22. The molecule has 2 saturated heterocycles. The predicted molar refractivity (Wildman–Crippen MR) is 113 cm³/mol. The Labute approximate surface area is 177 Å². The van der Waals surface area contributed by atoms with E-state index >= 15 is 0 Å². The summed E-state index contributed by atoms with van der Waals surface area (Å²) in [6, 6.07) is 7.57. The summed E-state index contributed by atoms with van der Waals surface area (Å²) < 4.78 is 5.28. The number of aromatic nitrogens is 2. The molecule has 0 atom stereocenters. The van der Waals surface area contributed by atoms with Gasteiger partial charge in [0.2, 0.25) is 5.91 Å². The van der Waals surface area contributed by atoms with E-state index in [-0.39, 0.29) is 5.91 Å². The van der Waals surface area contributed by atoms with Gasteiger partial charge in [-0.25, -0.2) is 4.98 Å². The molecule has 1 aromatic heterocycles. The highest BCUT2D eigenvalue weighted by molar-refractivity contribution is 5.78. The van der Waals surface area contributed by atoms with Crippen LogP contribution in [0.5, 0.6) is 5.75 Å². The summed E-state index contributed by atoms with van der Waals surface area (Å²) >= 11 is 0. The Balaban J connectivity index is 1.27. The first-order chi connectivity index (χ1) is 14.6. The maximum atomic E-state index is 12.8. The summed E-state index contributed by atoms with van der Waals surface area (Å²) in [6.45, 7) is 4.86. The molecular weight excluding hydrogens is 382 g/mol. The van der Waals surface area contributed by atoms with Crippen LogP contribution in [0.25, 0.3) is 0 Å². The number of hydrogen-bond acceptors (Lipinski definition) is 7. The lowest BCUT2D eigenvalue weighted by Gasteiger charge is -2.40. The van der Waals surface area contributed by atoms with Crippen LogP contribution < -0.4 is 9.64 Å². The van der Waals surface area contributed by atoms with Crippen LogP contribution in [0.1, 0.15) is 18.4 Å². The number of hydrogen-bond donors (Lipinski definition) is 1. The number of anilines is 1. The van der Waals surface area contributed by atoms with E-state index in [9.17, 15) is 9.90 Å². The minimum atomic E-state index is -0.909. The first-order valence-electron chi connectivity index (χ1n) is 10.5. The number of ether oxygens (including phenoxy) is 1. The fraction of sp³-hybridized carbons (Fsp3) is 0.500. The fourth-order valence-corrected chi connectivity index (χ4v) is 4.21. The van der Waals surface area contributed by atoms with Gasteiger partial charge in [0.05, 0.1) is 25.5 Å². The van der Waals surface area contributed by atoms with Gasteiger partial charge in [0.1, 0.15) is 11.6 Å². The highest BCUT2D eigenvalue weighted by atomic mass is 16.5. The Kier molecular flexibility index (Phi) is 6.15. The van der Waals surface area contributed by atoms with Crippen molar-refractivity contribution in [2.45, 2.75) is 18.4 Å². The average Bonchev–Trinajstić information content (AvgIpc) is 2.80. The maximum Gasteiger partial charge on any atom is 0.236 e. The number of piperazine rings is 1. The van der Waals surface area contributed by atoms with Crippen LogP contribution >= 0.6 is 0 Å². The monoisotopic (exact) mass is 411 g/mol. The summed E-state index contributed by atoms with van der Waals surface area (Å²) in [5, 5.41) is 11.1. The third-order valence-corrected chi connectivity index (χ3v) is 6.16. The van der Waals surface area contributed by atoms with Crippen molar-refractivity contribution in [1.82, 2.24) is 19.8 Å². The highest BCUT2D eigenvalue weighted by Gasteiger charge is 2.36. The van der Waals surface area contributed by atoms with E-state index in [0.717, 1.165) is 43.3 Å². The minimum Gasteiger partial charge on any atom is -0.497 e. The van der Waals surface area contributed by atoms with Crippen LogP contribution in [0.15, 0.2) is 42.9 Å². The van der Waals surface area contributed by atoms with Crippen molar-refractivity contribution in [3.05, 3.63) is 48.4 Å². The Morgan fingerprint density at radius 2 is 1.90 bits per heavy atom. The van der Waals surface area contributed by atoms with Crippen LogP contribution in [-0.4, -0.2) is 83.7 Å². The van der Waals surface area contributed by atoms with Gasteiger partial charge in [-0.2, -0.15) is 0 Å². The van der Waals surface area contributed by atoms with Crippen molar-refractivity contribution in [3.8, 4) is 5.75 Å². The molecule has 0 aliphatic carbocycles. The zero-order valence-electron chi connectivity index (χ0n) is 17.4. The smallest absolute Gasteiger partial charge is 0.236 e. The van der Waals surface area contributed by atoms with E-state index in [1.807, 2.05) is 29.2 Å². The number of amides is 1. The van der Waals surface area contributed by atoms with Crippen molar-refractivity contribution in [2.24, 2.45) is 0 Å². The molecule has 0 unspecified atom stereocenters. The Hall–Kier alpha value is -2.71. The Morgan fingerprint density at radius 1 is 1.13 bits per heavy atom. The van der Waals surface area contributed by atoms with Crippen molar-refractivity contribution in [2.75, 3.05) is 57.8 Å². The lowest BCUT2D eigenvalue weighted by molar-refractivity contribution is -0.137.